The molecule has 0 fully saturated rings. The largest absolute Gasteiger partial charge is 0.322 e. The van der Waals surface area contributed by atoms with Crippen LogP contribution in [0.4, 0.5) is 10.1 Å². The highest BCUT2D eigenvalue weighted by atomic mass is 79.9. The second-order valence-electron chi connectivity index (χ2n) is 4.99. The van der Waals surface area contributed by atoms with Crippen molar-refractivity contribution in [2.24, 2.45) is 0 Å². The van der Waals surface area contributed by atoms with E-state index >= 15 is 0 Å². The van der Waals surface area contributed by atoms with Gasteiger partial charge in [-0.15, -0.1) is 0 Å². The van der Waals surface area contributed by atoms with Crippen LogP contribution in [-0.4, -0.2) is 10.9 Å². The van der Waals surface area contributed by atoms with E-state index in [9.17, 15) is 9.18 Å². The van der Waals surface area contributed by atoms with Crippen LogP contribution in [0.1, 0.15) is 10.4 Å². The maximum Gasteiger partial charge on any atom is 0.255 e. The summed E-state index contributed by atoms with van der Waals surface area (Å²) in [6, 6.07) is 14.7. The fourth-order valence-corrected chi connectivity index (χ4v) is 2.82. The average molecular weight is 406 g/mol. The number of hydrogen-bond donors (Lipinski definition) is 1. The Hall–Kier alpha value is -2.24. The zero-order valence-corrected chi connectivity index (χ0v) is 14.6. The number of halogens is 3. The topological polar surface area (TPSA) is 42.0 Å². The third-order valence-corrected chi connectivity index (χ3v) is 4.13. The first kappa shape index (κ1) is 16.6. The molecule has 0 aliphatic heterocycles. The van der Waals surface area contributed by atoms with Crippen LogP contribution in [0.3, 0.4) is 0 Å². The molecule has 0 atom stereocenters. The molecule has 1 heterocycles. The summed E-state index contributed by atoms with van der Waals surface area (Å²) in [6.07, 6.45) is 1.54. The van der Waals surface area contributed by atoms with Gasteiger partial charge in [0, 0.05) is 27.5 Å². The van der Waals surface area contributed by atoms with Gasteiger partial charge in [-0.1, -0.05) is 33.6 Å². The van der Waals surface area contributed by atoms with Crippen molar-refractivity contribution in [1.82, 2.24) is 4.98 Å². The van der Waals surface area contributed by atoms with E-state index in [4.69, 9.17) is 11.6 Å². The van der Waals surface area contributed by atoms with E-state index in [0.717, 1.165) is 4.47 Å². The highest BCUT2D eigenvalue weighted by molar-refractivity contribution is 9.10. The van der Waals surface area contributed by atoms with Gasteiger partial charge in [0.25, 0.3) is 5.91 Å². The number of aromatic nitrogens is 1. The van der Waals surface area contributed by atoms with Crippen molar-refractivity contribution < 1.29 is 9.18 Å². The highest BCUT2D eigenvalue weighted by Gasteiger charge is 2.14. The summed E-state index contributed by atoms with van der Waals surface area (Å²) in [5.41, 5.74) is 1.42. The van der Waals surface area contributed by atoms with Crippen LogP contribution in [0.25, 0.3) is 11.3 Å². The summed E-state index contributed by atoms with van der Waals surface area (Å²) in [7, 11) is 0. The van der Waals surface area contributed by atoms with Crippen LogP contribution in [0, 0.1) is 5.82 Å². The molecule has 3 nitrogen and oxygen atoms in total. The lowest BCUT2D eigenvalue weighted by Crippen LogP contribution is -2.12. The Labute approximate surface area is 151 Å². The lowest BCUT2D eigenvalue weighted by atomic mass is 10.1. The van der Waals surface area contributed by atoms with Crippen LogP contribution in [0.15, 0.2) is 65.3 Å². The fourth-order valence-electron chi connectivity index (χ4n) is 2.20. The molecule has 0 saturated carbocycles. The van der Waals surface area contributed by atoms with Crippen molar-refractivity contribution in [1.29, 1.82) is 0 Å². The van der Waals surface area contributed by atoms with Gasteiger partial charge in [-0.25, -0.2) is 4.39 Å². The minimum absolute atomic E-state index is 0.211. The first-order chi connectivity index (χ1) is 11.5. The summed E-state index contributed by atoms with van der Waals surface area (Å²) in [4.78, 5) is 16.3. The van der Waals surface area contributed by atoms with Crippen LogP contribution < -0.4 is 5.32 Å². The molecular formula is C18H11BrClFN2O. The minimum Gasteiger partial charge on any atom is -0.322 e. The Morgan fingerprint density at radius 3 is 2.67 bits per heavy atom. The third kappa shape index (κ3) is 3.63. The van der Waals surface area contributed by atoms with E-state index in [1.54, 1.807) is 30.3 Å². The smallest absolute Gasteiger partial charge is 0.255 e. The van der Waals surface area contributed by atoms with Gasteiger partial charge in [-0.3, -0.25) is 9.78 Å². The molecule has 0 bridgehead atoms. The molecule has 3 aromatic rings. The average Bonchev–Trinajstić information content (AvgIpc) is 2.55. The van der Waals surface area contributed by atoms with Gasteiger partial charge >= 0.3 is 0 Å². The number of hydrogen-bond acceptors (Lipinski definition) is 2. The molecular weight excluding hydrogens is 395 g/mol. The van der Waals surface area contributed by atoms with Gasteiger partial charge < -0.3 is 5.32 Å². The van der Waals surface area contributed by atoms with E-state index < -0.39 is 11.7 Å². The summed E-state index contributed by atoms with van der Waals surface area (Å²) in [5.74, 6) is -0.955. The third-order valence-electron chi connectivity index (χ3n) is 3.33. The standard InChI is InChI=1S/C18H11BrClFN2O/c19-12-3-1-4-13(10-12)23-18(24)11-6-7-14(16(21)9-11)17-15(20)5-2-8-22-17/h1-10H,(H,23,24). The first-order valence-electron chi connectivity index (χ1n) is 7.02. The van der Waals surface area contributed by atoms with Crippen LogP contribution in [0.2, 0.25) is 5.02 Å². The number of anilines is 1. The zero-order valence-electron chi connectivity index (χ0n) is 12.3. The first-order valence-corrected chi connectivity index (χ1v) is 8.19. The summed E-state index contributed by atoms with van der Waals surface area (Å²) in [6.45, 7) is 0. The monoisotopic (exact) mass is 404 g/mol. The predicted octanol–water partition coefficient (Wildman–Crippen LogP) is 5.56. The van der Waals surface area contributed by atoms with Crippen molar-refractivity contribution in [3.05, 3.63) is 81.7 Å². The number of rotatable bonds is 3. The zero-order chi connectivity index (χ0) is 17.1. The van der Waals surface area contributed by atoms with Crippen molar-refractivity contribution >= 4 is 39.1 Å². The Balaban J connectivity index is 1.87. The molecule has 1 N–H and O–H groups in total. The molecule has 1 amide bonds. The molecule has 1 aromatic heterocycles. The van der Waals surface area contributed by atoms with Crippen LogP contribution >= 0.6 is 27.5 Å². The molecule has 24 heavy (non-hydrogen) atoms. The molecule has 0 aliphatic carbocycles. The summed E-state index contributed by atoms with van der Waals surface area (Å²) in [5, 5.41) is 3.07. The van der Waals surface area contributed by atoms with E-state index in [0.29, 0.717) is 16.4 Å². The fraction of sp³-hybridized carbons (Fsp3) is 0. The van der Waals surface area contributed by atoms with Gasteiger partial charge in [0.15, 0.2) is 0 Å². The maximum atomic E-state index is 14.4. The Morgan fingerprint density at radius 1 is 1.12 bits per heavy atom. The molecule has 120 valence electrons. The molecule has 2 aromatic carbocycles. The molecule has 3 rings (SSSR count). The normalized spacial score (nSPS) is 10.5. The molecule has 0 saturated heterocycles. The molecule has 0 aliphatic rings. The number of amides is 1. The summed E-state index contributed by atoms with van der Waals surface area (Å²) < 4.78 is 15.2. The van der Waals surface area contributed by atoms with Crippen molar-refractivity contribution in [3.8, 4) is 11.3 Å². The minimum atomic E-state index is -0.558. The Kier molecular flexibility index (Phi) is 4.92. The molecule has 6 heteroatoms. The van der Waals surface area contributed by atoms with Gasteiger partial charge in [0.05, 0.1) is 10.7 Å². The van der Waals surface area contributed by atoms with Crippen molar-refractivity contribution in [2.75, 3.05) is 5.32 Å². The number of carbonyl (C=O) groups excluding carboxylic acids is 1. The van der Waals surface area contributed by atoms with Gasteiger partial charge in [-0.2, -0.15) is 0 Å². The lowest BCUT2D eigenvalue weighted by Gasteiger charge is -2.08. The second-order valence-corrected chi connectivity index (χ2v) is 6.32. The van der Waals surface area contributed by atoms with Gasteiger partial charge in [-0.05, 0) is 48.5 Å². The molecule has 0 spiro atoms. The summed E-state index contributed by atoms with van der Waals surface area (Å²) >= 11 is 9.37. The van der Waals surface area contributed by atoms with Gasteiger partial charge in [0.1, 0.15) is 5.82 Å². The van der Waals surface area contributed by atoms with E-state index in [1.807, 2.05) is 6.07 Å². The number of benzene rings is 2. The SMILES string of the molecule is O=C(Nc1cccc(Br)c1)c1ccc(-c2ncccc2Cl)c(F)c1. The quantitative estimate of drug-likeness (QED) is 0.620. The maximum absolute atomic E-state index is 14.4. The number of nitrogens with zero attached hydrogens (tertiary/aromatic N) is 1. The Bertz CT molecular complexity index is 917. The Morgan fingerprint density at radius 2 is 1.96 bits per heavy atom. The van der Waals surface area contributed by atoms with Crippen molar-refractivity contribution in [3.63, 3.8) is 0 Å². The van der Waals surface area contributed by atoms with Crippen molar-refractivity contribution in [2.45, 2.75) is 0 Å². The van der Waals surface area contributed by atoms with E-state index in [1.165, 1.54) is 24.4 Å². The highest BCUT2D eigenvalue weighted by Crippen LogP contribution is 2.28. The second kappa shape index (κ2) is 7.11. The molecule has 0 radical (unpaired) electrons. The van der Waals surface area contributed by atoms with E-state index in [2.05, 4.69) is 26.2 Å². The van der Waals surface area contributed by atoms with Crippen LogP contribution in [0.5, 0.6) is 0 Å². The van der Waals surface area contributed by atoms with Gasteiger partial charge in [0.2, 0.25) is 0 Å². The predicted molar refractivity (Wildman–Crippen MR) is 96.7 cm³/mol. The van der Waals surface area contributed by atoms with Crippen LogP contribution in [-0.2, 0) is 0 Å². The lowest BCUT2D eigenvalue weighted by molar-refractivity contribution is 0.102. The molecule has 0 unspecified atom stereocenters. The number of pyridine rings is 1. The number of carbonyl (C=O) groups is 1. The number of nitrogens with one attached hydrogen (secondary N) is 1. The van der Waals surface area contributed by atoms with E-state index in [-0.39, 0.29) is 11.1 Å².